The quantitative estimate of drug-likeness (QED) is 0.811. The van der Waals surface area contributed by atoms with Gasteiger partial charge in [0.1, 0.15) is 0 Å². The van der Waals surface area contributed by atoms with Crippen LogP contribution >= 0.6 is 11.3 Å². The molecule has 2 heteroatoms. The number of thiophene rings is 1. The van der Waals surface area contributed by atoms with Gasteiger partial charge in [-0.05, 0) is 47.1 Å². The van der Waals surface area contributed by atoms with Crippen LogP contribution in [0, 0.1) is 5.41 Å². The molecule has 19 heavy (non-hydrogen) atoms. The zero-order valence-electron chi connectivity index (χ0n) is 11.7. The summed E-state index contributed by atoms with van der Waals surface area (Å²) in [5.41, 5.74) is 2.05. The lowest BCUT2D eigenvalue weighted by Crippen LogP contribution is -2.31. The minimum atomic E-state index is 0.589. The molecule has 0 saturated heterocycles. The highest BCUT2D eigenvalue weighted by atomic mass is 32.1. The predicted octanol–water partition coefficient (Wildman–Crippen LogP) is 4.96. The molecular weight excluding hydrogens is 250 g/mol. The van der Waals surface area contributed by atoms with Crippen LogP contribution in [-0.2, 0) is 6.54 Å². The largest absolute Gasteiger partial charge is 0.312 e. The van der Waals surface area contributed by atoms with Crippen LogP contribution in [0.25, 0.3) is 10.1 Å². The Morgan fingerprint density at radius 2 is 2.00 bits per heavy atom. The van der Waals surface area contributed by atoms with Crippen molar-refractivity contribution in [3.05, 3.63) is 35.2 Å². The first-order valence-electron chi connectivity index (χ1n) is 7.49. The van der Waals surface area contributed by atoms with Crippen molar-refractivity contribution in [2.24, 2.45) is 5.41 Å². The van der Waals surface area contributed by atoms with Crippen molar-refractivity contribution >= 4 is 21.4 Å². The van der Waals surface area contributed by atoms with E-state index >= 15 is 0 Å². The van der Waals surface area contributed by atoms with Crippen LogP contribution in [0.15, 0.2) is 29.6 Å². The van der Waals surface area contributed by atoms with Crippen molar-refractivity contribution in [1.29, 1.82) is 0 Å². The van der Waals surface area contributed by atoms with Crippen molar-refractivity contribution in [2.75, 3.05) is 6.54 Å². The molecule has 0 amide bonds. The van der Waals surface area contributed by atoms with Crippen LogP contribution < -0.4 is 5.32 Å². The second kappa shape index (κ2) is 5.64. The van der Waals surface area contributed by atoms with Gasteiger partial charge in [-0.25, -0.2) is 0 Å². The first-order chi connectivity index (χ1) is 9.33. The topological polar surface area (TPSA) is 12.0 Å². The van der Waals surface area contributed by atoms with Gasteiger partial charge in [0.2, 0.25) is 0 Å². The van der Waals surface area contributed by atoms with E-state index in [1.54, 1.807) is 0 Å². The molecule has 0 unspecified atom stereocenters. The molecule has 1 saturated carbocycles. The van der Waals surface area contributed by atoms with E-state index < -0.39 is 0 Å². The van der Waals surface area contributed by atoms with E-state index in [2.05, 4.69) is 41.9 Å². The third-order valence-corrected chi connectivity index (χ3v) is 5.80. The molecule has 1 aromatic heterocycles. The average molecular weight is 273 g/mol. The maximum atomic E-state index is 3.72. The van der Waals surface area contributed by atoms with E-state index in [1.807, 2.05) is 11.3 Å². The van der Waals surface area contributed by atoms with Gasteiger partial charge in [0.15, 0.2) is 0 Å². The molecule has 1 aliphatic rings. The van der Waals surface area contributed by atoms with Gasteiger partial charge in [-0.1, -0.05) is 38.0 Å². The highest BCUT2D eigenvalue weighted by molar-refractivity contribution is 7.17. The van der Waals surface area contributed by atoms with Crippen LogP contribution in [0.4, 0.5) is 0 Å². The summed E-state index contributed by atoms with van der Waals surface area (Å²) in [6.45, 7) is 4.56. The Hall–Kier alpha value is -0.860. The second-order valence-electron chi connectivity index (χ2n) is 5.92. The van der Waals surface area contributed by atoms with Crippen molar-refractivity contribution < 1.29 is 0 Å². The lowest BCUT2D eigenvalue weighted by atomic mass is 9.83. The Balaban J connectivity index is 1.63. The molecule has 0 bridgehead atoms. The van der Waals surface area contributed by atoms with Crippen LogP contribution in [0.1, 0.15) is 44.6 Å². The van der Waals surface area contributed by atoms with E-state index in [0.29, 0.717) is 5.41 Å². The van der Waals surface area contributed by atoms with Gasteiger partial charge in [-0.2, -0.15) is 0 Å². The minimum absolute atomic E-state index is 0.589. The van der Waals surface area contributed by atoms with E-state index in [0.717, 1.165) is 6.54 Å². The van der Waals surface area contributed by atoms with Crippen LogP contribution in [-0.4, -0.2) is 6.54 Å². The molecule has 3 rings (SSSR count). The number of fused-ring (bicyclic) bond motifs is 1. The van der Waals surface area contributed by atoms with Gasteiger partial charge in [0.25, 0.3) is 0 Å². The molecule has 102 valence electrons. The summed E-state index contributed by atoms with van der Waals surface area (Å²) in [7, 11) is 0. The van der Waals surface area contributed by atoms with E-state index in [9.17, 15) is 0 Å². The standard InChI is InChI=1S/C17H23NS/c1-2-17(9-5-6-10-17)13-18-11-14-12-19-16-8-4-3-7-15(14)16/h3-4,7-8,12,18H,2,5-6,9-11,13H2,1H3. The summed E-state index contributed by atoms with van der Waals surface area (Å²) in [5, 5.41) is 7.46. The lowest BCUT2D eigenvalue weighted by molar-refractivity contribution is 0.268. The third kappa shape index (κ3) is 2.70. The number of benzene rings is 1. The van der Waals surface area contributed by atoms with Gasteiger partial charge in [0, 0.05) is 17.8 Å². The minimum Gasteiger partial charge on any atom is -0.312 e. The summed E-state index contributed by atoms with van der Waals surface area (Å²) in [6.07, 6.45) is 7.01. The number of nitrogens with one attached hydrogen (secondary N) is 1. The van der Waals surface area contributed by atoms with Gasteiger partial charge in [-0.15, -0.1) is 11.3 Å². The Bertz CT molecular complexity index is 537. The molecule has 1 fully saturated rings. The zero-order chi connectivity index (χ0) is 13.1. The Kier molecular flexibility index (Phi) is 3.90. The Labute approximate surface area is 120 Å². The molecule has 2 aromatic rings. The van der Waals surface area contributed by atoms with Crippen LogP contribution in [0.2, 0.25) is 0 Å². The first kappa shape index (κ1) is 13.1. The first-order valence-corrected chi connectivity index (χ1v) is 8.37. The molecule has 0 radical (unpaired) electrons. The molecule has 1 heterocycles. The van der Waals surface area contributed by atoms with Crippen LogP contribution in [0.3, 0.4) is 0 Å². The van der Waals surface area contributed by atoms with E-state index in [-0.39, 0.29) is 0 Å². The molecule has 1 aromatic carbocycles. The summed E-state index contributed by atoms with van der Waals surface area (Å²) in [4.78, 5) is 0. The SMILES string of the molecule is CCC1(CNCc2csc3ccccc23)CCCC1. The van der Waals surface area contributed by atoms with Gasteiger partial charge >= 0.3 is 0 Å². The fourth-order valence-corrected chi connectivity index (χ4v) is 4.38. The Morgan fingerprint density at radius 1 is 1.21 bits per heavy atom. The molecule has 0 spiro atoms. The molecule has 1 aliphatic carbocycles. The third-order valence-electron chi connectivity index (χ3n) is 4.79. The number of hydrogen-bond donors (Lipinski definition) is 1. The Morgan fingerprint density at radius 3 is 2.79 bits per heavy atom. The van der Waals surface area contributed by atoms with E-state index in [1.165, 1.54) is 54.3 Å². The molecule has 1 N–H and O–H groups in total. The van der Waals surface area contributed by atoms with Gasteiger partial charge in [0.05, 0.1) is 0 Å². The summed E-state index contributed by atoms with van der Waals surface area (Å²) in [5.74, 6) is 0. The normalized spacial score (nSPS) is 18.2. The molecule has 0 aliphatic heterocycles. The number of hydrogen-bond acceptors (Lipinski definition) is 2. The lowest BCUT2D eigenvalue weighted by Gasteiger charge is -2.27. The smallest absolute Gasteiger partial charge is 0.0346 e. The van der Waals surface area contributed by atoms with Crippen molar-refractivity contribution in [3.63, 3.8) is 0 Å². The molecule has 1 nitrogen and oxygen atoms in total. The highest BCUT2D eigenvalue weighted by Gasteiger charge is 2.31. The fourth-order valence-electron chi connectivity index (χ4n) is 3.41. The molecular formula is C17H23NS. The highest BCUT2D eigenvalue weighted by Crippen LogP contribution is 2.40. The molecule has 0 atom stereocenters. The maximum absolute atomic E-state index is 3.72. The summed E-state index contributed by atoms with van der Waals surface area (Å²) < 4.78 is 1.41. The van der Waals surface area contributed by atoms with Crippen molar-refractivity contribution in [1.82, 2.24) is 5.32 Å². The predicted molar refractivity (Wildman–Crippen MR) is 84.7 cm³/mol. The van der Waals surface area contributed by atoms with Crippen LogP contribution in [0.5, 0.6) is 0 Å². The van der Waals surface area contributed by atoms with Gasteiger partial charge < -0.3 is 5.32 Å². The fraction of sp³-hybridized carbons (Fsp3) is 0.529. The monoisotopic (exact) mass is 273 g/mol. The summed E-state index contributed by atoms with van der Waals surface area (Å²) in [6, 6.07) is 8.73. The number of rotatable bonds is 5. The average Bonchev–Trinajstić information content (AvgIpc) is 3.07. The van der Waals surface area contributed by atoms with Gasteiger partial charge in [-0.3, -0.25) is 0 Å². The van der Waals surface area contributed by atoms with Crippen molar-refractivity contribution in [2.45, 2.75) is 45.6 Å². The zero-order valence-corrected chi connectivity index (χ0v) is 12.6. The summed E-state index contributed by atoms with van der Waals surface area (Å²) >= 11 is 1.86. The van der Waals surface area contributed by atoms with E-state index in [4.69, 9.17) is 0 Å². The second-order valence-corrected chi connectivity index (χ2v) is 6.83. The van der Waals surface area contributed by atoms with Crippen molar-refractivity contribution in [3.8, 4) is 0 Å². The maximum Gasteiger partial charge on any atom is 0.0346 e.